The quantitative estimate of drug-likeness (QED) is 0.840. The third-order valence-corrected chi connectivity index (χ3v) is 4.71. The van der Waals surface area contributed by atoms with Gasteiger partial charge in [-0.1, -0.05) is 19.9 Å². The highest BCUT2D eigenvalue weighted by atomic mass is 16.5. The summed E-state index contributed by atoms with van der Waals surface area (Å²) < 4.78 is 5.31. The Balaban J connectivity index is 1.75. The summed E-state index contributed by atoms with van der Waals surface area (Å²) in [5.41, 5.74) is 2.64. The molecule has 6 heteroatoms. The topological polar surface area (TPSA) is 70.5 Å². The standard InChI is InChI=1S/C19H26N4O2/c1-13(2)17(12-24)21-19-20-8-6-18(22-19)23-9-7-14-10-16(25-3)5-4-15(14)11-23/h4-6,8,10,13,17,24H,7,9,11-12H2,1-3H3,(H,20,21,22)/t17-/m1/s1. The average molecular weight is 342 g/mol. The molecule has 134 valence electrons. The van der Waals surface area contributed by atoms with Crippen LogP contribution >= 0.6 is 0 Å². The number of hydrogen-bond acceptors (Lipinski definition) is 6. The summed E-state index contributed by atoms with van der Waals surface area (Å²) in [6.07, 6.45) is 2.73. The molecule has 6 nitrogen and oxygen atoms in total. The lowest BCUT2D eigenvalue weighted by molar-refractivity contribution is 0.248. The third-order valence-electron chi connectivity index (χ3n) is 4.71. The summed E-state index contributed by atoms with van der Waals surface area (Å²) in [6.45, 7) is 5.92. The van der Waals surface area contributed by atoms with Crippen LogP contribution in [0.25, 0.3) is 0 Å². The molecule has 0 saturated heterocycles. The Bertz CT molecular complexity index is 720. The Morgan fingerprint density at radius 3 is 2.84 bits per heavy atom. The van der Waals surface area contributed by atoms with Crippen molar-refractivity contribution in [1.29, 1.82) is 0 Å². The van der Waals surface area contributed by atoms with E-state index in [0.717, 1.165) is 31.1 Å². The molecule has 2 aromatic rings. The van der Waals surface area contributed by atoms with Crippen LogP contribution in [-0.2, 0) is 13.0 Å². The molecular weight excluding hydrogens is 316 g/mol. The van der Waals surface area contributed by atoms with E-state index in [1.54, 1.807) is 13.3 Å². The van der Waals surface area contributed by atoms with Crippen LogP contribution in [0.15, 0.2) is 30.5 Å². The predicted molar refractivity (Wildman–Crippen MR) is 99.1 cm³/mol. The average Bonchev–Trinajstić information content (AvgIpc) is 2.65. The van der Waals surface area contributed by atoms with Crippen molar-refractivity contribution in [2.75, 3.05) is 30.5 Å². The Labute approximate surface area is 148 Å². The number of aliphatic hydroxyl groups excluding tert-OH is 1. The van der Waals surface area contributed by atoms with Gasteiger partial charge < -0.3 is 20.1 Å². The van der Waals surface area contributed by atoms with E-state index in [1.165, 1.54) is 11.1 Å². The van der Waals surface area contributed by atoms with Gasteiger partial charge in [-0.2, -0.15) is 4.98 Å². The fourth-order valence-corrected chi connectivity index (χ4v) is 3.04. The maximum absolute atomic E-state index is 9.49. The number of benzene rings is 1. The molecule has 0 fully saturated rings. The van der Waals surface area contributed by atoms with E-state index in [2.05, 4.69) is 46.2 Å². The zero-order chi connectivity index (χ0) is 17.8. The van der Waals surface area contributed by atoms with Crippen molar-refractivity contribution in [1.82, 2.24) is 9.97 Å². The Hall–Kier alpha value is -2.34. The molecule has 25 heavy (non-hydrogen) atoms. The largest absolute Gasteiger partial charge is 0.497 e. The number of rotatable bonds is 6. The van der Waals surface area contributed by atoms with E-state index in [1.807, 2.05) is 12.1 Å². The van der Waals surface area contributed by atoms with E-state index in [9.17, 15) is 5.11 Å². The van der Waals surface area contributed by atoms with Crippen LogP contribution in [0.3, 0.4) is 0 Å². The Morgan fingerprint density at radius 1 is 1.28 bits per heavy atom. The number of aromatic nitrogens is 2. The minimum absolute atomic E-state index is 0.0511. The highest BCUT2D eigenvalue weighted by Gasteiger charge is 2.19. The van der Waals surface area contributed by atoms with E-state index in [-0.39, 0.29) is 12.6 Å². The van der Waals surface area contributed by atoms with Gasteiger partial charge >= 0.3 is 0 Å². The molecule has 0 radical (unpaired) electrons. The molecule has 0 unspecified atom stereocenters. The number of nitrogens with zero attached hydrogens (tertiary/aromatic N) is 3. The second-order valence-electron chi connectivity index (χ2n) is 6.72. The molecular formula is C19H26N4O2. The SMILES string of the molecule is COc1ccc2c(c1)CCN(c1ccnc(N[C@H](CO)C(C)C)n1)C2. The minimum Gasteiger partial charge on any atom is -0.497 e. The van der Waals surface area contributed by atoms with Gasteiger partial charge in [0.25, 0.3) is 0 Å². The smallest absolute Gasteiger partial charge is 0.224 e. The van der Waals surface area contributed by atoms with Crippen molar-refractivity contribution in [2.45, 2.75) is 32.9 Å². The number of nitrogens with one attached hydrogen (secondary N) is 1. The molecule has 3 rings (SSSR count). The third kappa shape index (κ3) is 4.02. The minimum atomic E-state index is -0.0511. The first-order valence-corrected chi connectivity index (χ1v) is 8.72. The first-order chi connectivity index (χ1) is 12.1. The zero-order valence-corrected chi connectivity index (χ0v) is 15.1. The molecule has 1 aliphatic rings. The second kappa shape index (κ2) is 7.70. The lowest BCUT2D eigenvalue weighted by Crippen LogP contribution is -2.32. The van der Waals surface area contributed by atoms with Gasteiger partial charge in [0.15, 0.2) is 0 Å². The molecule has 1 atom stereocenters. The predicted octanol–water partition coefficient (Wildman–Crippen LogP) is 2.48. The number of ether oxygens (including phenoxy) is 1. The van der Waals surface area contributed by atoms with Crippen molar-refractivity contribution >= 4 is 11.8 Å². The molecule has 2 heterocycles. The van der Waals surface area contributed by atoms with Crippen LogP contribution in [0.4, 0.5) is 11.8 Å². The van der Waals surface area contributed by atoms with Gasteiger partial charge in [0.1, 0.15) is 11.6 Å². The Kier molecular flexibility index (Phi) is 5.38. The highest BCUT2D eigenvalue weighted by Crippen LogP contribution is 2.26. The molecule has 0 bridgehead atoms. The summed E-state index contributed by atoms with van der Waals surface area (Å²) in [5, 5.41) is 12.7. The number of anilines is 2. The fraction of sp³-hybridized carbons (Fsp3) is 0.474. The number of aliphatic hydroxyl groups is 1. The van der Waals surface area contributed by atoms with E-state index < -0.39 is 0 Å². The number of methoxy groups -OCH3 is 1. The maximum atomic E-state index is 9.49. The summed E-state index contributed by atoms with van der Waals surface area (Å²) >= 11 is 0. The molecule has 2 N–H and O–H groups in total. The van der Waals surface area contributed by atoms with Crippen LogP contribution < -0.4 is 15.0 Å². The summed E-state index contributed by atoms with van der Waals surface area (Å²) in [4.78, 5) is 11.2. The summed E-state index contributed by atoms with van der Waals surface area (Å²) in [7, 11) is 1.70. The van der Waals surface area contributed by atoms with Gasteiger partial charge in [0.05, 0.1) is 19.8 Å². The zero-order valence-electron chi connectivity index (χ0n) is 15.1. The van der Waals surface area contributed by atoms with Crippen LogP contribution in [0, 0.1) is 5.92 Å². The molecule has 1 aliphatic heterocycles. The Morgan fingerprint density at radius 2 is 2.12 bits per heavy atom. The normalized spacial score (nSPS) is 15.0. The van der Waals surface area contributed by atoms with Crippen LogP contribution in [-0.4, -0.2) is 41.4 Å². The van der Waals surface area contributed by atoms with Gasteiger partial charge in [0.2, 0.25) is 5.95 Å². The van der Waals surface area contributed by atoms with Gasteiger partial charge in [-0.3, -0.25) is 0 Å². The second-order valence-corrected chi connectivity index (χ2v) is 6.72. The van der Waals surface area contributed by atoms with Crippen LogP contribution in [0.1, 0.15) is 25.0 Å². The molecule has 0 spiro atoms. The summed E-state index contributed by atoms with van der Waals surface area (Å²) in [5.74, 6) is 2.67. The first-order valence-electron chi connectivity index (χ1n) is 8.72. The van der Waals surface area contributed by atoms with Gasteiger partial charge in [-0.25, -0.2) is 4.98 Å². The monoisotopic (exact) mass is 342 g/mol. The van der Waals surface area contributed by atoms with Gasteiger partial charge in [0, 0.05) is 19.3 Å². The van der Waals surface area contributed by atoms with Crippen molar-refractivity contribution < 1.29 is 9.84 Å². The number of fused-ring (bicyclic) bond motifs is 1. The number of hydrogen-bond donors (Lipinski definition) is 2. The van der Waals surface area contributed by atoms with Crippen molar-refractivity contribution in [3.8, 4) is 5.75 Å². The van der Waals surface area contributed by atoms with Crippen molar-refractivity contribution in [2.24, 2.45) is 5.92 Å². The maximum Gasteiger partial charge on any atom is 0.224 e. The molecule has 1 aromatic carbocycles. The molecule has 0 aliphatic carbocycles. The molecule has 0 saturated carbocycles. The van der Waals surface area contributed by atoms with E-state index in [4.69, 9.17) is 4.74 Å². The molecule has 0 amide bonds. The lowest BCUT2D eigenvalue weighted by Gasteiger charge is -2.30. The van der Waals surface area contributed by atoms with Crippen LogP contribution in [0.2, 0.25) is 0 Å². The highest BCUT2D eigenvalue weighted by molar-refractivity contribution is 5.48. The van der Waals surface area contributed by atoms with Crippen LogP contribution in [0.5, 0.6) is 5.75 Å². The summed E-state index contributed by atoms with van der Waals surface area (Å²) in [6, 6.07) is 8.13. The lowest BCUT2D eigenvalue weighted by atomic mass is 9.99. The van der Waals surface area contributed by atoms with Crippen molar-refractivity contribution in [3.63, 3.8) is 0 Å². The molecule has 1 aromatic heterocycles. The van der Waals surface area contributed by atoms with Gasteiger partial charge in [-0.15, -0.1) is 0 Å². The fourth-order valence-electron chi connectivity index (χ4n) is 3.04. The van der Waals surface area contributed by atoms with Gasteiger partial charge in [-0.05, 0) is 41.7 Å². The van der Waals surface area contributed by atoms with E-state index in [0.29, 0.717) is 11.9 Å². The van der Waals surface area contributed by atoms with E-state index >= 15 is 0 Å². The first kappa shape index (κ1) is 17.5. The van der Waals surface area contributed by atoms with Crippen molar-refractivity contribution in [3.05, 3.63) is 41.6 Å².